The molecule has 2 nitrogen and oxygen atoms in total. The van der Waals surface area contributed by atoms with Crippen molar-refractivity contribution in [3.63, 3.8) is 0 Å². The Morgan fingerprint density at radius 3 is 2.75 bits per heavy atom. The van der Waals surface area contributed by atoms with Crippen molar-refractivity contribution < 1.29 is 9.13 Å². The van der Waals surface area contributed by atoms with Crippen molar-refractivity contribution in [1.29, 1.82) is 0 Å². The van der Waals surface area contributed by atoms with E-state index in [-0.39, 0.29) is 5.82 Å². The molecule has 20 heavy (non-hydrogen) atoms. The van der Waals surface area contributed by atoms with Gasteiger partial charge in [-0.2, -0.15) is 0 Å². The summed E-state index contributed by atoms with van der Waals surface area (Å²) < 4.78 is 19.2. The monoisotopic (exact) mass is 273 g/mol. The van der Waals surface area contributed by atoms with E-state index in [1.54, 1.807) is 12.1 Å². The van der Waals surface area contributed by atoms with Crippen molar-refractivity contribution in [3.8, 4) is 5.75 Å². The maximum Gasteiger partial charge on any atom is 0.146 e. The van der Waals surface area contributed by atoms with E-state index in [9.17, 15) is 4.39 Å². The summed E-state index contributed by atoms with van der Waals surface area (Å²) in [5.41, 5.74) is 1.59. The first-order valence-electron chi connectivity index (χ1n) is 6.99. The van der Waals surface area contributed by atoms with Gasteiger partial charge in [0.15, 0.2) is 0 Å². The van der Waals surface area contributed by atoms with Gasteiger partial charge in [0.2, 0.25) is 0 Å². The summed E-state index contributed by atoms with van der Waals surface area (Å²) in [4.78, 5) is 0. The zero-order valence-corrected chi connectivity index (χ0v) is 11.7. The second-order valence-electron chi connectivity index (χ2n) is 4.68. The van der Waals surface area contributed by atoms with Crippen molar-refractivity contribution >= 4 is 5.69 Å². The average Bonchev–Trinajstić information content (AvgIpc) is 2.47. The molecule has 0 aliphatic rings. The van der Waals surface area contributed by atoms with Crippen LogP contribution in [0.25, 0.3) is 0 Å². The van der Waals surface area contributed by atoms with Crippen LogP contribution >= 0.6 is 0 Å². The molecule has 0 aliphatic heterocycles. The molecule has 0 saturated heterocycles. The van der Waals surface area contributed by atoms with Crippen LogP contribution in [0.4, 0.5) is 10.1 Å². The summed E-state index contributed by atoms with van der Waals surface area (Å²) >= 11 is 0. The van der Waals surface area contributed by atoms with Crippen molar-refractivity contribution in [2.45, 2.75) is 26.3 Å². The van der Waals surface area contributed by atoms with E-state index in [2.05, 4.69) is 12.2 Å². The number of nitrogens with one attached hydrogen (secondary N) is 1. The smallest absolute Gasteiger partial charge is 0.146 e. The summed E-state index contributed by atoms with van der Waals surface area (Å²) in [5.74, 6) is 0.633. The lowest BCUT2D eigenvalue weighted by atomic mass is 10.2. The first-order chi connectivity index (χ1) is 9.79. The largest absolute Gasteiger partial charge is 0.494 e. The van der Waals surface area contributed by atoms with Crippen LogP contribution in [0, 0.1) is 5.82 Å². The molecule has 3 heteroatoms. The third-order valence-corrected chi connectivity index (χ3v) is 3.02. The van der Waals surface area contributed by atoms with Gasteiger partial charge in [0, 0.05) is 6.54 Å². The van der Waals surface area contributed by atoms with Crippen molar-refractivity contribution in [2.24, 2.45) is 0 Å². The molecule has 1 N–H and O–H groups in total. The first kappa shape index (κ1) is 14.4. The van der Waals surface area contributed by atoms with E-state index < -0.39 is 0 Å². The number of rotatable bonds is 7. The van der Waals surface area contributed by atoms with Gasteiger partial charge in [0.1, 0.15) is 11.6 Å². The number of hydrogen-bond acceptors (Lipinski definition) is 2. The number of unbranched alkanes of at least 4 members (excludes halogenated alkanes) is 1. The van der Waals surface area contributed by atoms with Crippen LogP contribution in [0.15, 0.2) is 48.5 Å². The highest BCUT2D eigenvalue weighted by molar-refractivity contribution is 5.45. The summed E-state index contributed by atoms with van der Waals surface area (Å²) in [6.07, 6.45) is 2.17. The maximum atomic E-state index is 13.5. The molecular formula is C17H20FNO. The number of para-hydroxylation sites is 1. The Labute approximate surface area is 119 Å². The van der Waals surface area contributed by atoms with Gasteiger partial charge < -0.3 is 10.1 Å². The minimum atomic E-state index is -0.233. The van der Waals surface area contributed by atoms with Crippen LogP contribution in [0.3, 0.4) is 0 Å². The SMILES string of the molecule is CCCCOc1cccc(CNc2ccccc2F)c1. The van der Waals surface area contributed by atoms with E-state index in [0.29, 0.717) is 12.2 Å². The minimum absolute atomic E-state index is 0.233. The first-order valence-corrected chi connectivity index (χ1v) is 6.99. The van der Waals surface area contributed by atoms with Crippen molar-refractivity contribution in [3.05, 3.63) is 59.9 Å². The summed E-state index contributed by atoms with van der Waals surface area (Å²) in [5, 5.41) is 3.09. The predicted molar refractivity (Wildman–Crippen MR) is 80.6 cm³/mol. The van der Waals surface area contributed by atoms with Crippen LogP contribution in [0.1, 0.15) is 25.3 Å². The third kappa shape index (κ3) is 4.26. The van der Waals surface area contributed by atoms with Gasteiger partial charge in [-0.05, 0) is 36.2 Å². The number of hydrogen-bond donors (Lipinski definition) is 1. The third-order valence-electron chi connectivity index (χ3n) is 3.02. The molecule has 0 bridgehead atoms. The van der Waals surface area contributed by atoms with Crippen LogP contribution in [0.5, 0.6) is 5.75 Å². The maximum absolute atomic E-state index is 13.5. The summed E-state index contributed by atoms with van der Waals surface area (Å²) in [6, 6.07) is 14.6. The van der Waals surface area contributed by atoms with E-state index in [1.165, 1.54) is 6.07 Å². The summed E-state index contributed by atoms with van der Waals surface area (Å²) in [7, 11) is 0. The molecule has 0 spiro atoms. The van der Waals surface area contributed by atoms with Crippen LogP contribution < -0.4 is 10.1 Å². The van der Waals surface area contributed by atoms with Gasteiger partial charge in [-0.3, -0.25) is 0 Å². The number of benzene rings is 2. The van der Waals surface area contributed by atoms with Gasteiger partial charge >= 0.3 is 0 Å². The minimum Gasteiger partial charge on any atom is -0.494 e. The zero-order chi connectivity index (χ0) is 14.2. The molecule has 0 amide bonds. The Morgan fingerprint density at radius 2 is 1.95 bits per heavy atom. The highest BCUT2D eigenvalue weighted by Gasteiger charge is 2.01. The van der Waals surface area contributed by atoms with E-state index in [1.807, 2.05) is 30.3 Å². The highest BCUT2D eigenvalue weighted by atomic mass is 19.1. The molecule has 0 unspecified atom stereocenters. The van der Waals surface area contributed by atoms with Crippen LogP contribution in [-0.4, -0.2) is 6.61 Å². The molecule has 0 aromatic heterocycles. The van der Waals surface area contributed by atoms with Gasteiger partial charge in [0.25, 0.3) is 0 Å². The van der Waals surface area contributed by atoms with Crippen LogP contribution in [0.2, 0.25) is 0 Å². The molecule has 0 saturated carbocycles. The number of ether oxygens (including phenoxy) is 1. The molecule has 0 atom stereocenters. The van der Waals surface area contributed by atoms with Crippen molar-refractivity contribution in [2.75, 3.05) is 11.9 Å². The predicted octanol–water partition coefficient (Wildman–Crippen LogP) is 4.62. The van der Waals surface area contributed by atoms with E-state index in [4.69, 9.17) is 4.74 Å². The zero-order valence-electron chi connectivity index (χ0n) is 11.7. The molecule has 0 radical (unpaired) electrons. The van der Waals surface area contributed by atoms with E-state index in [0.717, 1.165) is 30.8 Å². The Morgan fingerprint density at radius 1 is 1.10 bits per heavy atom. The lowest BCUT2D eigenvalue weighted by Gasteiger charge is -2.10. The fraction of sp³-hybridized carbons (Fsp3) is 0.294. The highest BCUT2D eigenvalue weighted by Crippen LogP contribution is 2.17. The Bertz CT molecular complexity index is 542. The fourth-order valence-electron chi connectivity index (χ4n) is 1.88. The van der Waals surface area contributed by atoms with E-state index >= 15 is 0 Å². The lowest BCUT2D eigenvalue weighted by molar-refractivity contribution is 0.309. The van der Waals surface area contributed by atoms with Gasteiger partial charge in [-0.1, -0.05) is 37.6 Å². The normalized spacial score (nSPS) is 10.3. The molecular weight excluding hydrogens is 253 g/mol. The average molecular weight is 273 g/mol. The quantitative estimate of drug-likeness (QED) is 0.743. The van der Waals surface area contributed by atoms with Gasteiger partial charge in [-0.15, -0.1) is 0 Å². The van der Waals surface area contributed by atoms with Gasteiger partial charge in [0.05, 0.1) is 12.3 Å². The number of anilines is 1. The Balaban J connectivity index is 1.93. The fourth-order valence-corrected chi connectivity index (χ4v) is 1.88. The second-order valence-corrected chi connectivity index (χ2v) is 4.68. The van der Waals surface area contributed by atoms with Crippen LogP contribution in [-0.2, 0) is 6.54 Å². The van der Waals surface area contributed by atoms with Gasteiger partial charge in [-0.25, -0.2) is 4.39 Å². The lowest BCUT2D eigenvalue weighted by Crippen LogP contribution is -2.02. The Kier molecular flexibility index (Phi) is 5.42. The molecule has 2 aromatic rings. The Hall–Kier alpha value is -2.03. The molecule has 0 fully saturated rings. The molecule has 2 aromatic carbocycles. The summed E-state index contributed by atoms with van der Waals surface area (Å²) in [6.45, 7) is 3.45. The second kappa shape index (κ2) is 7.53. The molecule has 106 valence electrons. The molecule has 0 aliphatic carbocycles. The molecule has 0 heterocycles. The topological polar surface area (TPSA) is 21.3 Å². The van der Waals surface area contributed by atoms with Crippen molar-refractivity contribution in [1.82, 2.24) is 0 Å². The number of halogens is 1. The standard InChI is InChI=1S/C17H20FNO/c1-2-3-11-20-15-8-6-7-14(12-15)13-19-17-10-5-4-9-16(17)18/h4-10,12,19H,2-3,11,13H2,1H3. The molecule has 2 rings (SSSR count).